The number of piperidine rings is 1. The minimum Gasteiger partial charge on any atom is -0.358 e. The molecule has 1 amide bonds. The van der Waals surface area contributed by atoms with Crippen molar-refractivity contribution >= 4 is 26.8 Å². The zero-order valence-corrected chi connectivity index (χ0v) is 24.5. The van der Waals surface area contributed by atoms with Crippen molar-refractivity contribution in [2.75, 3.05) is 19.6 Å². The quantitative estimate of drug-likeness (QED) is 0.308. The van der Waals surface area contributed by atoms with Gasteiger partial charge < -0.3 is 10.3 Å². The Balaban J connectivity index is 1.10. The number of aromatic amines is 1. The van der Waals surface area contributed by atoms with E-state index < -0.39 is 21.8 Å². The molecular weight excluding hydrogens is 591 g/mol. The zero-order chi connectivity index (χ0) is 31.1. The Morgan fingerprint density at radius 1 is 1.02 bits per heavy atom. The van der Waals surface area contributed by atoms with Crippen LogP contribution in [0.3, 0.4) is 0 Å². The third-order valence-electron chi connectivity index (χ3n) is 8.39. The Morgan fingerprint density at radius 2 is 1.77 bits per heavy atom. The van der Waals surface area contributed by atoms with Gasteiger partial charge in [0.2, 0.25) is 10.0 Å². The van der Waals surface area contributed by atoms with E-state index in [1.807, 2.05) is 18.2 Å². The highest BCUT2D eigenvalue weighted by atomic mass is 32.2. The summed E-state index contributed by atoms with van der Waals surface area (Å²) in [4.78, 5) is 19.0. The Morgan fingerprint density at radius 3 is 2.48 bits per heavy atom. The molecule has 0 bridgehead atoms. The van der Waals surface area contributed by atoms with Crippen molar-refractivity contribution in [3.05, 3.63) is 100 Å². The number of H-pyrrole nitrogens is 1. The molecule has 12 heteroatoms. The van der Waals surface area contributed by atoms with Crippen LogP contribution in [0.5, 0.6) is 0 Å². The smallest absolute Gasteiger partial charge is 0.358 e. The zero-order valence-electron chi connectivity index (χ0n) is 23.7. The van der Waals surface area contributed by atoms with E-state index in [0.717, 1.165) is 52.8 Å². The number of hydrogen-bond acceptors (Lipinski definition) is 5. The molecule has 3 heterocycles. The maximum atomic E-state index is 13.2. The summed E-state index contributed by atoms with van der Waals surface area (Å²) >= 11 is 0. The van der Waals surface area contributed by atoms with Crippen LogP contribution in [0, 0.1) is 11.3 Å². The highest BCUT2D eigenvalue weighted by Gasteiger charge is 2.31. The summed E-state index contributed by atoms with van der Waals surface area (Å²) in [6.07, 6.45) is -2.68. The summed E-state index contributed by atoms with van der Waals surface area (Å²) in [5, 5.41) is 13.1. The maximum absolute atomic E-state index is 13.2. The number of alkyl halides is 3. The van der Waals surface area contributed by atoms with Crippen molar-refractivity contribution in [1.29, 1.82) is 5.26 Å². The highest BCUT2D eigenvalue weighted by molar-refractivity contribution is 7.89. The van der Waals surface area contributed by atoms with Crippen molar-refractivity contribution in [2.24, 2.45) is 0 Å². The molecule has 0 aliphatic carbocycles. The Labute approximate surface area is 253 Å². The fourth-order valence-electron chi connectivity index (χ4n) is 5.99. The molecule has 2 N–H and O–H groups in total. The van der Waals surface area contributed by atoms with E-state index in [9.17, 15) is 26.4 Å². The standard InChI is InChI=1S/C32H30F3N5O3S/c33-32(34,35)24-7-4-21(5-8-24)19-39-13-12-30-28(20-39)27-17-23(6-9-29(27)38-30)31(41)37-25-10-14-40(15-11-25)44(42,43)26-3-1-2-22(16-26)18-36/h1-9,16-17,25,38H,10-15,19-20H2,(H,37,41). The molecule has 3 aromatic carbocycles. The number of sulfonamides is 1. The molecule has 1 fully saturated rings. The molecule has 0 unspecified atom stereocenters. The molecule has 0 spiro atoms. The first-order valence-electron chi connectivity index (χ1n) is 14.3. The lowest BCUT2D eigenvalue weighted by Crippen LogP contribution is -2.46. The van der Waals surface area contributed by atoms with Crippen molar-refractivity contribution in [3.63, 3.8) is 0 Å². The van der Waals surface area contributed by atoms with Crippen LogP contribution in [0.2, 0.25) is 0 Å². The van der Waals surface area contributed by atoms with Gasteiger partial charge >= 0.3 is 6.18 Å². The second-order valence-electron chi connectivity index (χ2n) is 11.3. The van der Waals surface area contributed by atoms with Gasteiger partial charge in [-0.25, -0.2) is 8.42 Å². The maximum Gasteiger partial charge on any atom is 0.416 e. The number of carbonyl (C=O) groups excluding carboxylic acids is 1. The molecule has 0 radical (unpaired) electrons. The van der Waals surface area contributed by atoms with Gasteiger partial charge in [0.25, 0.3) is 5.91 Å². The second-order valence-corrected chi connectivity index (χ2v) is 13.2. The average Bonchev–Trinajstić information content (AvgIpc) is 3.38. The Hall–Kier alpha value is -4.18. The molecule has 1 aromatic heterocycles. The minimum atomic E-state index is -4.36. The molecule has 44 heavy (non-hydrogen) atoms. The van der Waals surface area contributed by atoms with Crippen molar-refractivity contribution in [2.45, 2.75) is 49.5 Å². The Kier molecular flexibility index (Phi) is 7.96. The van der Waals surface area contributed by atoms with E-state index in [1.54, 1.807) is 18.2 Å². The number of aromatic nitrogens is 1. The monoisotopic (exact) mass is 621 g/mol. The molecule has 2 aliphatic heterocycles. The molecule has 6 rings (SSSR count). The van der Waals surface area contributed by atoms with Crippen LogP contribution < -0.4 is 5.32 Å². The van der Waals surface area contributed by atoms with Gasteiger partial charge in [-0.1, -0.05) is 18.2 Å². The number of nitrogens with zero attached hydrogens (tertiary/aromatic N) is 3. The number of hydrogen-bond donors (Lipinski definition) is 2. The Bertz CT molecular complexity index is 1850. The van der Waals surface area contributed by atoms with E-state index >= 15 is 0 Å². The van der Waals surface area contributed by atoms with Crippen LogP contribution in [-0.4, -0.2) is 54.2 Å². The van der Waals surface area contributed by atoms with E-state index in [2.05, 4.69) is 15.2 Å². The summed E-state index contributed by atoms with van der Waals surface area (Å²) in [5.74, 6) is -0.234. The summed E-state index contributed by atoms with van der Waals surface area (Å²) in [6.45, 7) is 2.38. The van der Waals surface area contributed by atoms with E-state index in [0.29, 0.717) is 31.5 Å². The summed E-state index contributed by atoms with van der Waals surface area (Å²) in [7, 11) is -3.74. The van der Waals surface area contributed by atoms with Gasteiger partial charge in [0.05, 0.1) is 22.1 Å². The molecular formula is C32H30F3N5O3S. The van der Waals surface area contributed by atoms with Gasteiger partial charge in [-0.3, -0.25) is 9.69 Å². The number of benzene rings is 3. The lowest BCUT2D eigenvalue weighted by Gasteiger charge is -2.31. The van der Waals surface area contributed by atoms with Crippen LogP contribution in [0.1, 0.15) is 51.1 Å². The number of carbonyl (C=O) groups is 1. The van der Waals surface area contributed by atoms with E-state index in [-0.39, 0.29) is 35.5 Å². The molecule has 228 valence electrons. The normalized spacial score (nSPS) is 16.9. The summed E-state index contributed by atoms with van der Waals surface area (Å²) in [5.41, 5.74) is 4.01. The van der Waals surface area contributed by atoms with Crippen LogP contribution in [-0.2, 0) is 35.7 Å². The molecule has 0 saturated carbocycles. The fraction of sp³-hybridized carbons (Fsp3) is 0.312. The fourth-order valence-corrected chi connectivity index (χ4v) is 7.50. The topological polar surface area (TPSA) is 109 Å². The third-order valence-corrected chi connectivity index (χ3v) is 10.3. The SMILES string of the molecule is N#Cc1cccc(S(=O)(=O)N2CCC(NC(=O)c3ccc4[nH]c5c(c4c3)CN(Cc3ccc(C(F)(F)F)cc3)CC5)CC2)c1. The van der Waals surface area contributed by atoms with Gasteiger partial charge in [-0.2, -0.15) is 22.7 Å². The van der Waals surface area contributed by atoms with Gasteiger partial charge in [-0.05, 0) is 72.5 Å². The lowest BCUT2D eigenvalue weighted by molar-refractivity contribution is -0.137. The first-order valence-corrected chi connectivity index (χ1v) is 15.8. The lowest BCUT2D eigenvalue weighted by atomic mass is 10.0. The number of fused-ring (bicyclic) bond motifs is 3. The largest absolute Gasteiger partial charge is 0.416 e. The molecule has 1 saturated heterocycles. The van der Waals surface area contributed by atoms with Crippen LogP contribution in [0.15, 0.2) is 71.6 Å². The number of nitriles is 1. The third kappa shape index (κ3) is 6.08. The summed E-state index contributed by atoms with van der Waals surface area (Å²) < 4.78 is 66.4. The number of amides is 1. The summed E-state index contributed by atoms with van der Waals surface area (Å²) in [6, 6.07) is 18.5. The highest BCUT2D eigenvalue weighted by Crippen LogP contribution is 2.31. The van der Waals surface area contributed by atoms with Crippen LogP contribution in [0.25, 0.3) is 10.9 Å². The van der Waals surface area contributed by atoms with E-state index in [4.69, 9.17) is 5.26 Å². The van der Waals surface area contributed by atoms with Crippen molar-refractivity contribution < 1.29 is 26.4 Å². The predicted molar refractivity (Wildman–Crippen MR) is 158 cm³/mol. The van der Waals surface area contributed by atoms with Gasteiger partial charge in [0.15, 0.2) is 0 Å². The van der Waals surface area contributed by atoms with E-state index in [1.165, 1.54) is 28.6 Å². The molecule has 4 aromatic rings. The first-order chi connectivity index (χ1) is 21.0. The van der Waals surface area contributed by atoms with Crippen LogP contribution >= 0.6 is 0 Å². The predicted octanol–water partition coefficient (Wildman–Crippen LogP) is 5.20. The minimum absolute atomic E-state index is 0.0834. The van der Waals surface area contributed by atoms with Crippen molar-refractivity contribution in [1.82, 2.24) is 19.5 Å². The van der Waals surface area contributed by atoms with Gasteiger partial charge in [-0.15, -0.1) is 0 Å². The van der Waals surface area contributed by atoms with Crippen molar-refractivity contribution in [3.8, 4) is 6.07 Å². The number of halogens is 3. The first kappa shape index (κ1) is 29.9. The van der Waals surface area contributed by atoms with Crippen LogP contribution in [0.4, 0.5) is 13.2 Å². The van der Waals surface area contributed by atoms with Gasteiger partial charge in [0, 0.05) is 67.3 Å². The molecule has 8 nitrogen and oxygen atoms in total. The number of rotatable bonds is 6. The van der Waals surface area contributed by atoms with Gasteiger partial charge in [0.1, 0.15) is 0 Å². The molecule has 0 atom stereocenters. The number of nitrogens with one attached hydrogen (secondary N) is 2. The second kappa shape index (κ2) is 11.7. The molecule has 2 aliphatic rings. The average molecular weight is 622 g/mol.